The molecule has 0 aromatic carbocycles. The minimum Gasteiger partial charge on any atom is -0.346 e. The maximum Gasteiger partial charge on any atom is 0.345 e. The molecule has 1 amide bonds. The van der Waals surface area contributed by atoms with Gasteiger partial charge in [0.05, 0.1) is 12.5 Å². The van der Waals surface area contributed by atoms with Crippen molar-refractivity contribution in [2.75, 3.05) is 0 Å². The molecule has 0 aliphatic carbocycles. The number of rotatable bonds is 4. The van der Waals surface area contributed by atoms with E-state index in [2.05, 4.69) is 35.9 Å². The first-order chi connectivity index (χ1) is 9.47. The number of hydrogen-bond acceptors (Lipinski definition) is 6. The molecule has 1 atom stereocenters. The minimum absolute atomic E-state index is 0.129. The summed E-state index contributed by atoms with van der Waals surface area (Å²) >= 11 is 0. The van der Waals surface area contributed by atoms with Crippen molar-refractivity contribution in [2.45, 2.75) is 33.2 Å². The van der Waals surface area contributed by atoms with E-state index in [1.807, 2.05) is 0 Å². The number of H-pyrrole nitrogens is 2. The average molecular weight is 277 g/mol. The zero-order chi connectivity index (χ0) is 14.7. The summed E-state index contributed by atoms with van der Waals surface area (Å²) in [4.78, 5) is 29.5. The van der Waals surface area contributed by atoms with E-state index < -0.39 is 5.69 Å². The van der Waals surface area contributed by atoms with Crippen LogP contribution in [0.1, 0.15) is 35.7 Å². The maximum absolute atomic E-state index is 12.0. The van der Waals surface area contributed by atoms with E-state index in [-0.39, 0.29) is 18.4 Å². The second-order valence-corrected chi connectivity index (χ2v) is 4.47. The molecular formula is C11H15N7O2. The Hall–Kier alpha value is -2.58. The van der Waals surface area contributed by atoms with Crippen LogP contribution in [0.4, 0.5) is 0 Å². The molecule has 0 aliphatic heterocycles. The molecule has 106 valence electrons. The number of hydrogen-bond donors (Lipinski definition) is 3. The van der Waals surface area contributed by atoms with Gasteiger partial charge in [-0.3, -0.25) is 4.79 Å². The van der Waals surface area contributed by atoms with E-state index >= 15 is 0 Å². The molecule has 0 fully saturated rings. The van der Waals surface area contributed by atoms with Gasteiger partial charge in [0.25, 0.3) is 0 Å². The molecule has 3 N–H and O–H groups in total. The molecule has 0 aliphatic rings. The fraction of sp³-hybridized carbons (Fsp3) is 0.455. The average Bonchev–Trinajstić information content (AvgIpc) is 2.87. The van der Waals surface area contributed by atoms with Crippen LogP contribution in [-0.4, -0.2) is 36.5 Å². The SMILES string of the molecule is Cc1nc(=O)[nH]c(C)c1CC(=O)NC(C)c1nn[nH]n1. The van der Waals surface area contributed by atoms with Crippen molar-refractivity contribution in [3.63, 3.8) is 0 Å². The number of carbonyl (C=O) groups excluding carboxylic acids is 1. The van der Waals surface area contributed by atoms with E-state index in [1.165, 1.54) is 0 Å². The van der Waals surface area contributed by atoms with Crippen molar-refractivity contribution in [3.05, 3.63) is 33.3 Å². The van der Waals surface area contributed by atoms with Crippen LogP contribution in [0.3, 0.4) is 0 Å². The van der Waals surface area contributed by atoms with Gasteiger partial charge in [0.2, 0.25) is 5.91 Å². The number of amides is 1. The molecule has 0 spiro atoms. The van der Waals surface area contributed by atoms with Crippen LogP contribution in [0.15, 0.2) is 4.79 Å². The molecule has 1 unspecified atom stereocenters. The lowest BCUT2D eigenvalue weighted by Gasteiger charge is -2.12. The summed E-state index contributed by atoms with van der Waals surface area (Å²) in [6.45, 7) is 5.20. The molecule has 2 rings (SSSR count). The summed E-state index contributed by atoms with van der Waals surface area (Å²) in [5.41, 5.74) is 1.49. The van der Waals surface area contributed by atoms with Gasteiger partial charge in [0, 0.05) is 17.0 Å². The Morgan fingerprint density at radius 2 is 2.15 bits per heavy atom. The molecule has 2 aromatic heterocycles. The fourth-order valence-electron chi connectivity index (χ4n) is 1.89. The summed E-state index contributed by atoms with van der Waals surface area (Å²) < 4.78 is 0. The number of aromatic nitrogens is 6. The van der Waals surface area contributed by atoms with Crippen LogP contribution in [-0.2, 0) is 11.2 Å². The number of carbonyl (C=O) groups is 1. The van der Waals surface area contributed by atoms with Crippen LogP contribution >= 0.6 is 0 Å². The predicted octanol–water partition coefficient (Wildman–Crippen LogP) is -0.680. The third-order valence-corrected chi connectivity index (χ3v) is 2.92. The first kappa shape index (κ1) is 13.8. The minimum atomic E-state index is -0.413. The third kappa shape index (κ3) is 3.05. The van der Waals surface area contributed by atoms with E-state index in [1.54, 1.807) is 20.8 Å². The predicted molar refractivity (Wildman–Crippen MR) is 68.8 cm³/mol. The number of nitrogens with one attached hydrogen (secondary N) is 3. The van der Waals surface area contributed by atoms with Crippen LogP contribution in [0.2, 0.25) is 0 Å². The number of tetrazole rings is 1. The molecule has 2 aromatic rings. The van der Waals surface area contributed by atoms with Crippen molar-refractivity contribution in [1.29, 1.82) is 0 Å². The quantitative estimate of drug-likeness (QED) is 0.679. The second-order valence-electron chi connectivity index (χ2n) is 4.47. The first-order valence-corrected chi connectivity index (χ1v) is 6.06. The Morgan fingerprint density at radius 3 is 2.75 bits per heavy atom. The first-order valence-electron chi connectivity index (χ1n) is 6.06. The van der Waals surface area contributed by atoms with E-state index in [0.717, 1.165) is 0 Å². The van der Waals surface area contributed by atoms with E-state index in [0.29, 0.717) is 22.8 Å². The van der Waals surface area contributed by atoms with Gasteiger partial charge in [-0.2, -0.15) is 10.2 Å². The number of aromatic amines is 2. The van der Waals surface area contributed by atoms with Gasteiger partial charge in [0.1, 0.15) is 0 Å². The Bertz CT molecular complexity index is 636. The Kier molecular flexibility index (Phi) is 3.87. The Balaban J connectivity index is 2.07. The molecule has 9 nitrogen and oxygen atoms in total. The molecular weight excluding hydrogens is 262 g/mol. The molecule has 20 heavy (non-hydrogen) atoms. The van der Waals surface area contributed by atoms with Crippen LogP contribution in [0.25, 0.3) is 0 Å². The van der Waals surface area contributed by atoms with Gasteiger partial charge in [-0.15, -0.1) is 10.2 Å². The Morgan fingerprint density at radius 1 is 1.40 bits per heavy atom. The highest BCUT2D eigenvalue weighted by atomic mass is 16.2. The number of nitrogens with zero attached hydrogens (tertiary/aromatic N) is 4. The highest BCUT2D eigenvalue weighted by Crippen LogP contribution is 2.09. The monoisotopic (exact) mass is 277 g/mol. The van der Waals surface area contributed by atoms with Gasteiger partial charge >= 0.3 is 5.69 Å². The normalized spacial score (nSPS) is 12.2. The Labute approximate surface area is 114 Å². The summed E-state index contributed by atoms with van der Waals surface area (Å²) in [6.07, 6.45) is 0.129. The van der Waals surface area contributed by atoms with Crippen molar-refractivity contribution < 1.29 is 4.79 Å². The fourth-order valence-corrected chi connectivity index (χ4v) is 1.89. The zero-order valence-corrected chi connectivity index (χ0v) is 11.4. The highest BCUT2D eigenvalue weighted by molar-refractivity contribution is 5.79. The van der Waals surface area contributed by atoms with Crippen molar-refractivity contribution >= 4 is 5.91 Å². The van der Waals surface area contributed by atoms with Crippen LogP contribution < -0.4 is 11.0 Å². The van der Waals surface area contributed by atoms with E-state index in [4.69, 9.17) is 0 Å². The third-order valence-electron chi connectivity index (χ3n) is 2.92. The molecule has 0 radical (unpaired) electrons. The van der Waals surface area contributed by atoms with Crippen molar-refractivity contribution in [2.24, 2.45) is 0 Å². The highest BCUT2D eigenvalue weighted by Gasteiger charge is 2.16. The lowest BCUT2D eigenvalue weighted by atomic mass is 10.1. The molecule has 0 bridgehead atoms. The molecule has 2 heterocycles. The van der Waals surface area contributed by atoms with Gasteiger partial charge in [-0.05, 0) is 20.8 Å². The maximum atomic E-state index is 12.0. The number of aryl methyl sites for hydroxylation is 2. The topological polar surface area (TPSA) is 129 Å². The van der Waals surface area contributed by atoms with Crippen molar-refractivity contribution in [3.8, 4) is 0 Å². The largest absolute Gasteiger partial charge is 0.346 e. The van der Waals surface area contributed by atoms with Gasteiger partial charge < -0.3 is 10.3 Å². The second kappa shape index (κ2) is 5.59. The summed E-state index contributed by atoms with van der Waals surface area (Å²) in [7, 11) is 0. The van der Waals surface area contributed by atoms with Gasteiger partial charge in [-0.1, -0.05) is 5.21 Å². The van der Waals surface area contributed by atoms with Gasteiger partial charge in [-0.25, -0.2) is 4.79 Å². The lowest BCUT2D eigenvalue weighted by molar-refractivity contribution is -0.121. The summed E-state index contributed by atoms with van der Waals surface area (Å²) in [5, 5.41) is 16.1. The van der Waals surface area contributed by atoms with Gasteiger partial charge in [0.15, 0.2) is 5.82 Å². The summed E-state index contributed by atoms with van der Waals surface area (Å²) in [5.74, 6) is 0.203. The smallest absolute Gasteiger partial charge is 0.345 e. The molecule has 0 saturated heterocycles. The van der Waals surface area contributed by atoms with Crippen LogP contribution in [0.5, 0.6) is 0 Å². The zero-order valence-electron chi connectivity index (χ0n) is 11.4. The van der Waals surface area contributed by atoms with Crippen LogP contribution in [0, 0.1) is 13.8 Å². The molecule has 9 heteroatoms. The standard InChI is InChI=1S/C11H15N7O2/c1-5-8(6(2)14-11(20)13-5)4-9(19)12-7(3)10-15-17-18-16-10/h7H,4H2,1-3H3,(H,12,19)(H,13,14,20)(H,15,16,17,18). The molecule has 0 saturated carbocycles. The van der Waals surface area contributed by atoms with E-state index in [9.17, 15) is 9.59 Å². The van der Waals surface area contributed by atoms with Crippen molar-refractivity contribution in [1.82, 2.24) is 35.9 Å². The summed E-state index contributed by atoms with van der Waals surface area (Å²) in [6, 6.07) is -0.349. The lowest BCUT2D eigenvalue weighted by Crippen LogP contribution is -2.30.